The van der Waals surface area contributed by atoms with Gasteiger partial charge in [-0.05, 0) is 25.3 Å². The molecule has 14 heavy (non-hydrogen) atoms. The first kappa shape index (κ1) is 8.22. The third kappa shape index (κ3) is 0.927. The van der Waals surface area contributed by atoms with Gasteiger partial charge in [-0.1, -0.05) is 37.3 Å². The van der Waals surface area contributed by atoms with Crippen molar-refractivity contribution in [2.24, 2.45) is 10.4 Å². The molecule has 1 saturated carbocycles. The molecule has 3 rings (SSSR count). The number of rotatable bonds is 1. The van der Waals surface area contributed by atoms with E-state index in [1.54, 1.807) is 0 Å². The van der Waals surface area contributed by atoms with Gasteiger partial charge in [0, 0.05) is 11.1 Å². The molecule has 1 aliphatic carbocycles. The van der Waals surface area contributed by atoms with E-state index in [2.05, 4.69) is 44.2 Å². The third-order valence-electron chi connectivity index (χ3n) is 3.96. The molecule has 0 bridgehead atoms. The molecule has 0 saturated heterocycles. The van der Waals surface area contributed by atoms with Crippen molar-refractivity contribution in [2.45, 2.75) is 32.2 Å². The monoisotopic (exact) mass is 185 g/mol. The highest BCUT2D eigenvalue weighted by Crippen LogP contribution is 2.65. The molecule has 0 amide bonds. The van der Waals surface area contributed by atoms with Crippen LogP contribution in [0.1, 0.15) is 32.3 Å². The molecular weight excluding hydrogens is 170 g/mol. The molecule has 0 spiro atoms. The Bertz CT molecular complexity index is 407. The van der Waals surface area contributed by atoms with E-state index in [-0.39, 0.29) is 5.54 Å². The largest absolute Gasteiger partial charge is 0.282 e. The van der Waals surface area contributed by atoms with Crippen LogP contribution < -0.4 is 0 Å². The van der Waals surface area contributed by atoms with E-state index in [0.717, 1.165) is 6.42 Å². The maximum Gasteiger partial charge on any atom is 0.0647 e. The van der Waals surface area contributed by atoms with Crippen molar-refractivity contribution in [1.29, 1.82) is 0 Å². The topological polar surface area (TPSA) is 12.4 Å². The maximum absolute atomic E-state index is 4.85. The van der Waals surface area contributed by atoms with Crippen LogP contribution in [0.4, 0.5) is 0 Å². The zero-order chi connectivity index (χ0) is 9.81. The van der Waals surface area contributed by atoms with E-state index in [4.69, 9.17) is 4.99 Å². The minimum absolute atomic E-state index is 0.262. The summed E-state index contributed by atoms with van der Waals surface area (Å²) in [7, 11) is 0. The lowest BCUT2D eigenvalue weighted by Crippen LogP contribution is -2.04. The fraction of sp³-hybridized carbons (Fsp3) is 0.462. The lowest BCUT2D eigenvalue weighted by Gasteiger charge is -2.05. The van der Waals surface area contributed by atoms with E-state index in [1.165, 1.54) is 17.7 Å². The van der Waals surface area contributed by atoms with E-state index in [0.29, 0.717) is 5.41 Å². The summed E-state index contributed by atoms with van der Waals surface area (Å²) in [6.07, 6.45) is 2.43. The second-order valence-corrected chi connectivity index (χ2v) is 5.11. The Balaban J connectivity index is 1.98. The number of benzene rings is 1. The van der Waals surface area contributed by atoms with Gasteiger partial charge in [-0.2, -0.15) is 0 Å². The standard InChI is InChI=1S/C13H15N/c1-12-8-11(14-13(12,2)9-12)10-6-4-3-5-7-10/h3-7H,8-9H2,1-2H3. The highest BCUT2D eigenvalue weighted by atomic mass is 15.0. The van der Waals surface area contributed by atoms with Crippen LogP contribution in [0.15, 0.2) is 35.3 Å². The molecule has 1 heterocycles. The van der Waals surface area contributed by atoms with Gasteiger partial charge in [-0.15, -0.1) is 0 Å². The summed E-state index contributed by atoms with van der Waals surface area (Å²) in [6.45, 7) is 4.63. The Morgan fingerprint density at radius 1 is 1.14 bits per heavy atom. The van der Waals surface area contributed by atoms with Crippen molar-refractivity contribution in [3.63, 3.8) is 0 Å². The number of hydrogen-bond donors (Lipinski definition) is 0. The Hall–Kier alpha value is -1.11. The van der Waals surface area contributed by atoms with Gasteiger partial charge >= 0.3 is 0 Å². The van der Waals surface area contributed by atoms with Crippen LogP contribution in [0.3, 0.4) is 0 Å². The molecule has 0 radical (unpaired) electrons. The smallest absolute Gasteiger partial charge is 0.0647 e. The summed E-state index contributed by atoms with van der Waals surface area (Å²) in [5.41, 5.74) is 3.35. The van der Waals surface area contributed by atoms with Crippen molar-refractivity contribution in [3.8, 4) is 0 Å². The predicted octanol–water partition coefficient (Wildman–Crippen LogP) is 3.05. The molecule has 1 nitrogen and oxygen atoms in total. The zero-order valence-electron chi connectivity index (χ0n) is 8.75. The molecule has 1 fully saturated rings. The molecule has 1 aromatic rings. The zero-order valence-corrected chi connectivity index (χ0v) is 8.75. The van der Waals surface area contributed by atoms with Crippen LogP contribution in [-0.4, -0.2) is 11.3 Å². The van der Waals surface area contributed by atoms with Gasteiger partial charge in [0.1, 0.15) is 0 Å². The van der Waals surface area contributed by atoms with Gasteiger partial charge in [-0.25, -0.2) is 0 Å². The van der Waals surface area contributed by atoms with E-state index in [9.17, 15) is 0 Å². The van der Waals surface area contributed by atoms with Gasteiger partial charge in [0.25, 0.3) is 0 Å². The molecule has 0 N–H and O–H groups in total. The first-order valence-electron chi connectivity index (χ1n) is 5.27. The van der Waals surface area contributed by atoms with Crippen molar-refractivity contribution >= 4 is 5.71 Å². The average Bonchev–Trinajstić information content (AvgIpc) is 2.58. The highest BCUT2D eigenvalue weighted by Gasteiger charge is 2.64. The lowest BCUT2D eigenvalue weighted by molar-refractivity contribution is 0.530. The minimum Gasteiger partial charge on any atom is -0.282 e. The van der Waals surface area contributed by atoms with Crippen molar-refractivity contribution in [3.05, 3.63) is 35.9 Å². The highest BCUT2D eigenvalue weighted by molar-refractivity contribution is 6.03. The molecule has 1 heteroatoms. The van der Waals surface area contributed by atoms with Crippen molar-refractivity contribution in [1.82, 2.24) is 0 Å². The molecular formula is C13H15N. The normalized spacial score (nSPS) is 39.1. The van der Waals surface area contributed by atoms with Crippen LogP contribution in [0.2, 0.25) is 0 Å². The minimum atomic E-state index is 0.262. The number of nitrogens with zero attached hydrogens (tertiary/aromatic N) is 1. The Kier molecular flexibility index (Phi) is 1.34. The second kappa shape index (κ2) is 2.28. The van der Waals surface area contributed by atoms with Crippen LogP contribution in [0.25, 0.3) is 0 Å². The average molecular weight is 185 g/mol. The molecule has 72 valence electrons. The van der Waals surface area contributed by atoms with E-state index < -0.39 is 0 Å². The number of aliphatic imine (C=N–C) groups is 1. The van der Waals surface area contributed by atoms with Gasteiger partial charge in [0.2, 0.25) is 0 Å². The fourth-order valence-electron chi connectivity index (χ4n) is 2.65. The third-order valence-corrected chi connectivity index (χ3v) is 3.96. The van der Waals surface area contributed by atoms with E-state index >= 15 is 0 Å². The molecule has 2 aliphatic rings. The van der Waals surface area contributed by atoms with Crippen LogP contribution in [-0.2, 0) is 0 Å². The van der Waals surface area contributed by atoms with Gasteiger partial charge in [-0.3, -0.25) is 4.99 Å². The summed E-state index contributed by atoms with van der Waals surface area (Å²) in [5, 5.41) is 0. The predicted molar refractivity (Wildman–Crippen MR) is 58.7 cm³/mol. The molecule has 1 aromatic carbocycles. The quantitative estimate of drug-likeness (QED) is 0.637. The van der Waals surface area contributed by atoms with Gasteiger partial charge < -0.3 is 0 Å². The summed E-state index contributed by atoms with van der Waals surface area (Å²) in [4.78, 5) is 4.85. The molecule has 2 atom stereocenters. The van der Waals surface area contributed by atoms with Crippen LogP contribution in [0.5, 0.6) is 0 Å². The van der Waals surface area contributed by atoms with Crippen LogP contribution in [0, 0.1) is 5.41 Å². The Morgan fingerprint density at radius 2 is 1.86 bits per heavy atom. The van der Waals surface area contributed by atoms with E-state index in [1.807, 2.05) is 0 Å². The summed E-state index contributed by atoms with van der Waals surface area (Å²) < 4.78 is 0. The van der Waals surface area contributed by atoms with Crippen molar-refractivity contribution < 1.29 is 0 Å². The number of hydrogen-bond acceptors (Lipinski definition) is 1. The summed E-state index contributed by atoms with van der Waals surface area (Å²) in [6, 6.07) is 10.6. The molecule has 2 unspecified atom stereocenters. The lowest BCUT2D eigenvalue weighted by atomic mass is 9.97. The Morgan fingerprint density at radius 3 is 2.43 bits per heavy atom. The first-order valence-corrected chi connectivity index (χ1v) is 5.27. The van der Waals surface area contributed by atoms with Crippen molar-refractivity contribution in [2.75, 3.05) is 0 Å². The molecule has 1 aliphatic heterocycles. The van der Waals surface area contributed by atoms with Crippen LogP contribution >= 0.6 is 0 Å². The molecule has 0 aromatic heterocycles. The second-order valence-electron chi connectivity index (χ2n) is 5.11. The van der Waals surface area contributed by atoms with Gasteiger partial charge in [0.15, 0.2) is 0 Å². The maximum atomic E-state index is 4.85. The first-order chi connectivity index (χ1) is 6.63. The summed E-state index contributed by atoms with van der Waals surface area (Å²) in [5.74, 6) is 0. The number of fused-ring (bicyclic) bond motifs is 1. The fourth-order valence-corrected chi connectivity index (χ4v) is 2.65. The summed E-state index contributed by atoms with van der Waals surface area (Å²) >= 11 is 0. The van der Waals surface area contributed by atoms with Gasteiger partial charge in [0.05, 0.1) is 5.54 Å². The Labute approximate surface area is 84.9 Å². The SMILES string of the molecule is CC12CC(c3ccccc3)=NC1(C)C2.